The minimum atomic E-state index is -4.09. The Balaban J connectivity index is 1.98. The standard InChI is InChI=1S/C25H25ClN2O7S/c1-33-22-14-19(25(30)35-3)20(15-23(22)34-2)27-24(29)21(13-16-7-5-4-6-8-16)28-36(31,32)18-11-9-17(26)10-12-18/h4-12,14-15,21,28H,13H2,1-3H3,(H,27,29)/t21-/m1/s1. The van der Waals surface area contributed by atoms with Crippen molar-refractivity contribution in [2.24, 2.45) is 0 Å². The number of hydrogen-bond acceptors (Lipinski definition) is 7. The van der Waals surface area contributed by atoms with Crippen molar-refractivity contribution in [2.45, 2.75) is 17.4 Å². The predicted octanol–water partition coefficient (Wildman–Crippen LogP) is 3.67. The quantitative estimate of drug-likeness (QED) is 0.382. The van der Waals surface area contributed by atoms with Crippen LogP contribution in [-0.4, -0.2) is 47.7 Å². The van der Waals surface area contributed by atoms with Gasteiger partial charge in [-0.1, -0.05) is 41.9 Å². The lowest BCUT2D eigenvalue weighted by Gasteiger charge is -2.20. The molecule has 0 aromatic heterocycles. The topological polar surface area (TPSA) is 120 Å². The van der Waals surface area contributed by atoms with E-state index in [1.807, 2.05) is 6.07 Å². The van der Waals surface area contributed by atoms with E-state index in [0.29, 0.717) is 5.02 Å². The van der Waals surface area contributed by atoms with Crippen molar-refractivity contribution < 1.29 is 32.2 Å². The average Bonchev–Trinajstić information content (AvgIpc) is 2.88. The Morgan fingerprint density at radius 3 is 2.11 bits per heavy atom. The van der Waals surface area contributed by atoms with E-state index in [1.165, 1.54) is 57.7 Å². The second-order valence-corrected chi connectivity index (χ2v) is 9.70. The number of ether oxygens (including phenoxy) is 3. The summed E-state index contributed by atoms with van der Waals surface area (Å²) in [5.74, 6) is -0.927. The molecule has 11 heteroatoms. The molecule has 190 valence electrons. The minimum Gasteiger partial charge on any atom is -0.493 e. The van der Waals surface area contributed by atoms with Gasteiger partial charge in [0, 0.05) is 17.2 Å². The van der Waals surface area contributed by atoms with Crippen LogP contribution >= 0.6 is 11.6 Å². The Kier molecular flexibility index (Phi) is 8.92. The van der Waals surface area contributed by atoms with E-state index >= 15 is 0 Å². The van der Waals surface area contributed by atoms with Gasteiger partial charge in [-0.25, -0.2) is 13.2 Å². The Bertz CT molecular complexity index is 1330. The first kappa shape index (κ1) is 27.0. The summed E-state index contributed by atoms with van der Waals surface area (Å²) in [6.07, 6.45) is 0.0420. The lowest BCUT2D eigenvalue weighted by Crippen LogP contribution is -2.45. The van der Waals surface area contributed by atoms with Crippen LogP contribution in [0.1, 0.15) is 15.9 Å². The molecule has 3 aromatic rings. The van der Waals surface area contributed by atoms with Gasteiger partial charge in [-0.15, -0.1) is 0 Å². The number of anilines is 1. The van der Waals surface area contributed by atoms with Gasteiger partial charge in [-0.2, -0.15) is 4.72 Å². The number of nitrogens with one attached hydrogen (secondary N) is 2. The largest absolute Gasteiger partial charge is 0.493 e. The minimum absolute atomic E-state index is 0.00233. The molecule has 9 nitrogen and oxygen atoms in total. The van der Waals surface area contributed by atoms with Gasteiger partial charge in [0.25, 0.3) is 0 Å². The number of carbonyl (C=O) groups excluding carboxylic acids is 2. The Labute approximate surface area is 214 Å². The number of esters is 1. The Hall–Kier alpha value is -3.60. The monoisotopic (exact) mass is 532 g/mol. The van der Waals surface area contributed by atoms with Crippen LogP contribution in [0.3, 0.4) is 0 Å². The molecule has 0 saturated heterocycles. The molecule has 0 heterocycles. The van der Waals surface area contributed by atoms with Gasteiger partial charge in [0.05, 0.1) is 37.5 Å². The van der Waals surface area contributed by atoms with Gasteiger partial charge < -0.3 is 19.5 Å². The van der Waals surface area contributed by atoms with Crippen molar-refractivity contribution in [3.8, 4) is 11.5 Å². The van der Waals surface area contributed by atoms with E-state index in [9.17, 15) is 18.0 Å². The van der Waals surface area contributed by atoms with Crippen molar-refractivity contribution in [1.82, 2.24) is 4.72 Å². The predicted molar refractivity (Wildman–Crippen MR) is 135 cm³/mol. The van der Waals surface area contributed by atoms with Crippen LogP contribution in [0.5, 0.6) is 11.5 Å². The van der Waals surface area contributed by atoms with Crippen molar-refractivity contribution in [2.75, 3.05) is 26.6 Å². The fraction of sp³-hybridized carbons (Fsp3) is 0.200. The average molecular weight is 533 g/mol. The van der Waals surface area contributed by atoms with E-state index in [1.54, 1.807) is 24.3 Å². The maximum Gasteiger partial charge on any atom is 0.340 e. The van der Waals surface area contributed by atoms with Crippen molar-refractivity contribution >= 4 is 39.2 Å². The van der Waals surface area contributed by atoms with Crippen LogP contribution in [-0.2, 0) is 26.0 Å². The molecular formula is C25H25ClN2O7S. The second kappa shape index (κ2) is 11.9. The molecule has 36 heavy (non-hydrogen) atoms. The zero-order chi connectivity index (χ0) is 26.3. The summed E-state index contributed by atoms with van der Waals surface area (Å²) in [4.78, 5) is 25.8. The molecule has 3 rings (SSSR count). The fourth-order valence-corrected chi connectivity index (χ4v) is 4.71. The van der Waals surface area contributed by atoms with Crippen LogP contribution in [0.4, 0.5) is 5.69 Å². The fourth-order valence-electron chi connectivity index (χ4n) is 3.39. The molecule has 2 N–H and O–H groups in total. The molecule has 3 aromatic carbocycles. The summed E-state index contributed by atoms with van der Waals surface area (Å²) < 4.78 is 43.9. The highest BCUT2D eigenvalue weighted by atomic mass is 35.5. The molecular weight excluding hydrogens is 508 g/mol. The number of benzene rings is 3. The normalized spacial score (nSPS) is 11.9. The molecule has 0 bridgehead atoms. The van der Waals surface area contributed by atoms with Crippen LogP contribution in [0.2, 0.25) is 5.02 Å². The van der Waals surface area contributed by atoms with Crippen LogP contribution in [0.15, 0.2) is 71.6 Å². The summed E-state index contributed by atoms with van der Waals surface area (Å²) in [6, 6.07) is 16.0. The maximum atomic E-state index is 13.4. The second-order valence-electron chi connectivity index (χ2n) is 7.55. The molecule has 0 radical (unpaired) electrons. The molecule has 0 unspecified atom stereocenters. The summed E-state index contributed by atoms with van der Waals surface area (Å²) in [5.41, 5.74) is 0.785. The van der Waals surface area contributed by atoms with Gasteiger partial charge in [0.2, 0.25) is 15.9 Å². The molecule has 1 atom stereocenters. The van der Waals surface area contributed by atoms with Crippen molar-refractivity contribution in [3.63, 3.8) is 0 Å². The number of rotatable bonds is 10. The number of halogens is 1. The van der Waals surface area contributed by atoms with E-state index in [-0.39, 0.29) is 34.1 Å². The van der Waals surface area contributed by atoms with Gasteiger partial charge in [0.15, 0.2) is 11.5 Å². The van der Waals surface area contributed by atoms with E-state index in [0.717, 1.165) is 5.56 Å². The third-order valence-corrected chi connectivity index (χ3v) is 6.95. The summed E-state index contributed by atoms with van der Waals surface area (Å²) in [7, 11) is -0.0927. The molecule has 0 aliphatic rings. The van der Waals surface area contributed by atoms with Crippen LogP contribution < -0.4 is 19.5 Å². The summed E-state index contributed by atoms with van der Waals surface area (Å²) in [5, 5.41) is 3.00. The lowest BCUT2D eigenvalue weighted by molar-refractivity contribution is -0.117. The number of sulfonamides is 1. The molecule has 0 aliphatic heterocycles. The van der Waals surface area contributed by atoms with Crippen LogP contribution in [0, 0.1) is 0 Å². The number of hydrogen-bond donors (Lipinski definition) is 2. The number of methoxy groups -OCH3 is 3. The third kappa shape index (κ3) is 6.54. The summed E-state index contributed by atoms with van der Waals surface area (Å²) in [6.45, 7) is 0. The van der Waals surface area contributed by atoms with Crippen molar-refractivity contribution in [3.05, 3.63) is 82.9 Å². The number of amides is 1. The van der Waals surface area contributed by atoms with Crippen molar-refractivity contribution in [1.29, 1.82) is 0 Å². The Morgan fingerprint density at radius 1 is 0.917 bits per heavy atom. The van der Waals surface area contributed by atoms with Gasteiger partial charge in [-0.05, 0) is 36.2 Å². The highest BCUT2D eigenvalue weighted by Crippen LogP contribution is 2.34. The van der Waals surface area contributed by atoms with Gasteiger partial charge in [0.1, 0.15) is 6.04 Å². The van der Waals surface area contributed by atoms with Gasteiger partial charge >= 0.3 is 5.97 Å². The van der Waals surface area contributed by atoms with E-state index in [4.69, 9.17) is 25.8 Å². The molecule has 0 fully saturated rings. The summed E-state index contributed by atoms with van der Waals surface area (Å²) >= 11 is 5.88. The first-order chi connectivity index (χ1) is 17.2. The first-order valence-corrected chi connectivity index (χ1v) is 12.5. The molecule has 1 amide bonds. The Morgan fingerprint density at radius 2 is 1.53 bits per heavy atom. The van der Waals surface area contributed by atoms with E-state index in [2.05, 4.69) is 10.0 Å². The van der Waals surface area contributed by atoms with Crippen LogP contribution in [0.25, 0.3) is 0 Å². The third-order valence-electron chi connectivity index (χ3n) is 5.21. The number of carbonyl (C=O) groups is 2. The molecule has 0 spiro atoms. The highest BCUT2D eigenvalue weighted by molar-refractivity contribution is 7.89. The first-order valence-electron chi connectivity index (χ1n) is 10.7. The van der Waals surface area contributed by atoms with Gasteiger partial charge in [-0.3, -0.25) is 4.79 Å². The van der Waals surface area contributed by atoms with E-state index < -0.39 is 27.9 Å². The maximum absolute atomic E-state index is 13.4. The molecule has 0 aliphatic carbocycles. The SMILES string of the molecule is COC(=O)c1cc(OC)c(OC)cc1NC(=O)[C@@H](Cc1ccccc1)NS(=O)(=O)c1ccc(Cl)cc1. The highest BCUT2D eigenvalue weighted by Gasteiger charge is 2.28. The zero-order valence-corrected chi connectivity index (χ0v) is 21.4. The lowest BCUT2D eigenvalue weighted by atomic mass is 10.1. The molecule has 0 saturated carbocycles. The smallest absolute Gasteiger partial charge is 0.340 e. The zero-order valence-electron chi connectivity index (χ0n) is 19.8.